The third-order valence-electron chi connectivity index (χ3n) is 3.18. The van der Waals surface area contributed by atoms with Crippen LogP contribution >= 0.6 is 0 Å². The van der Waals surface area contributed by atoms with E-state index in [0.29, 0.717) is 30.3 Å². The monoisotopic (exact) mass is 279 g/mol. The molecule has 1 aromatic carbocycles. The SMILES string of the molecule is CC(=O)NC(C)(C(=O)O)c1ccc2c(c1)OCCCO2. The number of benzene rings is 1. The van der Waals surface area contributed by atoms with E-state index in [1.165, 1.54) is 13.8 Å². The maximum absolute atomic E-state index is 11.5. The van der Waals surface area contributed by atoms with Gasteiger partial charge in [-0.05, 0) is 24.6 Å². The second kappa shape index (κ2) is 5.40. The van der Waals surface area contributed by atoms with E-state index < -0.39 is 17.4 Å². The lowest BCUT2D eigenvalue weighted by Gasteiger charge is -2.26. The number of nitrogens with one attached hydrogen (secondary N) is 1. The maximum atomic E-state index is 11.5. The van der Waals surface area contributed by atoms with Gasteiger partial charge in [0, 0.05) is 13.3 Å². The Morgan fingerprint density at radius 3 is 2.50 bits per heavy atom. The summed E-state index contributed by atoms with van der Waals surface area (Å²) in [4.78, 5) is 22.8. The second-order valence-corrected chi connectivity index (χ2v) is 4.82. The first-order chi connectivity index (χ1) is 9.43. The summed E-state index contributed by atoms with van der Waals surface area (Å²) in [7, 11) is 0. The normalized spacial score (nSPS) is 16.7. The summed E-state index contributed by atoms with van der Waals surface area (Å²) in [6.07, 6.45) is 0.770. The fourth-order valence-corrected chi connectivity index (χ4v) is 2.08. The van der Waals surface area contributed by atoms with Gasteiger partial charge in [-0.25, -0.2) is 4.79 Å². The quantitative estimate of drug-likeness (QED) is 0.870. The predicted octanol–water partition coefficient (Wildman–Crippen LogP) is 1.28. The Morgan fingerprint density at radius 2 is 1.90 bits per heavy atom. The summed E-state index contributed by atoms with van der Waals surface area (Å²) in [5, 5.41) is 11.9. The molecule has 6 nitrogen and oxygen atoms in total. The molecule has 0 spiro atoms. The highest BCUT2D eigenvalue weighted by Crippen LogP contribution is 2.34. The Hall–Kier alpha value is -2.24. The molecule has 1 unspecified atom stereocenters. The Labute approximate surface area is 116 Å². The van der Waals surface area contributed by atoms with Crippen LogP contribution in [0.15, 0.2) is 18.2 Å². The highest BCUT2D eigenvalue weighted by molar-refractivity contribution is 5.87. The van der Waals surface area contributed by atoms with E-state index in [0.717, 1.165) is 6.42 Å². The lowest BCUT2D eigenvalue weighted by Crippen LogP contribution is -2.48. The van der Waals surface area contributed by atoms with Crippen LogP contribution in [-0.4, -0.2) is 30.2 Å². The number of amides is 1. The van der Waals surface area contributed by atoms with Gasteiger partial charge in [0.1, 0.15) is 0 Å². The Morgan fingerprint density at radius 1 is 1.25 bits per heavy atom. The molecule has 1 aliphatic heterocycles. The number of fused-ring (bicyclic) bond motifs is 1. The van der Waals surface area contributed by atoms with E-state index in [1.54, 1.807) is 18.2 Å². The van der Waals surface area contributed by atoms with E-state index in [9.17, 15) is 14.7 Å². The molecule has 0 radical (unpaired) electrons. The zero-order valence-corrected chi connectivity index (χ0v) is 11.4. The predicted molar refractivity (Wildman–Crippen MR) is 70.9 cm³/mol. The first-order valence-electron chi connectivity index (χ1n) is 6.36. The van der Waals surface area contributed by atoms with Gasteiger partial charge in [0.2, 0.25) is 5.91 Å². The van der Waals surface area contributed by atoms with E-state index >= 15 is 0 Å². The average Bonchev–Trinajstić information content (AvgIpc) is 2.61. The molecule has 0 aromatic heterocycles. The molecule has 1 amide bonds. The topological polar surface area (TPSA) is 84.9 Å². The van der Waals surface area contributed by atoms with Crippen molar-refractivity contribution in [3.05, 3.63) is 23.8 Å². The smallest absolute Gasteiger partial charge is 0.333 e. The average molecular weight is 279 g/mol. The van der Waals surface area contributed by atoms with Crippen molar-refractivity contribution in [2.24, 2.45) is 0 Å². The zero-order chi connectivity index (χ0) is 14.8. The molecule has 2 N–H and O–H groups in total. The first-order valence-corrected chi connectivity index (χ1v) is 6.36. The van der Waals surface area contributed by atoms with Crippen LogP contribution in [0.2, 0.25) is 0 Å². The first kappa shape index (κ1) is 14.2. The van der Waals surface area contributed by atoms with Gasteiger partial charge in [-0.2, -0.15) is 0 Å². The molecular formula is C14H17NO5. The largest absolute Gasteiger partial charge is 0.490 e. The zero-order valence-electron chi connectivity index (χ0n) is 11.4. The van der Waals surface area contributed by atoms with Gasteiger partial charge in [0.15, 0.2) is 17.0 Å². The number of hydrogen-bond donors (Lipinski definition) is 2. The Bertz CT molecular complexity index is 542. The summed E-state index contributed by atoms with van der Waals surface area (Å²) < 4.78 is 11.0. The van der Waals surface area contributed by atoms with E-state index in [2.05, 4.69) is 5.32 Å². The fourth-order valence-electron chi connectivity index (χ4n) is 2.08. The van der Waals surface area contributed by atoms with Gasteiger partial charge >= 0.3 is 5.97 Å². The van der Waals surface area contributed by atoms with Crippen molar-refractivity contribution in [1.29, 1.82) is 0 Å². The molecule has 0 bridgehead atoms. The third kappa shape index (κ3) is 2.68. The van der Waals surface area contributed by atoms with Crippen LogP contribution in [0.5, 0.6) is 11.5 Å². The number of carbonyl (C=O) groups is 2. The van der Waals surface area contributed by atoms with Crippen LogP contribution in [-0.2, 0) is 15.1 Å². The number of hydrogen-bond acceptors (Lipinski definition) is 4. The van der Waals surface area contributed by atoms with Crippen molar-refractivity contribution in [2.75, 3.05) is 13.2 Å². The van der Waals surface area contributed by atoms with Crippen molar-refractivity contribution >= 4 is 11.9 Å². The minimum atomic E-state index is -1.50. The molecule has 1 aliphatic rings. The molecule has 1 aromatic rings. The molecule has 0 aliphatic carbocycles. The molecule has 0 fully saturated rings. The minimum absolute atomic E-state index is 0.415. The number of carboxylic acid groups (broad SMARTS) is 1. The van der Waals surface area contributed by atoms with Gasteiger partial charge in [-0.15, -0.1) is 0 Å². The van der Waals surface area contributed by atoms with Crippen LogP contribution in [0.25, 0.3) is 0 Å². The lowest BCUT2D eigenvalue weighted by molar-refractivity contribution is -0.147. The molecule has 0 saturated heterocycles. The summed E-state index contributed by atoms with van der Waals surface area (Å²) in [5.41, 5.74) is -1.07. The summed E-state index contributed by atoms with van der Waals surface area (Å²) in [6, 6.07) is 4.89. The molecule has 2 rings (SSSR count). The maximum Gasteiger partial charge on any atom is 0.333 e. The van der Waals surface area contributed by atoms with Crippen LogP contribution < -0.4 is 14.8 Å². The van der Waals surface area contributed by atoms with Crippen LogP contribution in [0, 0.1) is 0 Å². The van der Waals surface area contributed by atoms with Crippen LogP contribution in [0.1, 0.15) is 25.8 Å². The fraction of sp³-hybridized carbons (Fsp3) is 0.429. The third-order valence-corrected chi connectivity index (χ3v) is 3.18. The lowest BCUT2D eigenvalue weighted by atomic mass is 9.91. The number of ether oxygens (including phenoxy) is 2. The molecule has 1 atom stereocenters. The summed E-state index contributed by atoms with van der Waals surface area (Å²) >= 11 is 0. The number of carboxylic acids is 1. The number of carbonyl (C=O) groups excluding carboxylic acids is 1. The van der Waals surface area contributed by atoms with Crippen molar-refractivity contribution in [1.82, 2.24) is 5.32 Å². The molecule has 20 heavy (non-hydrogen) atoms. The van der Waals surface area contributed by atoms with Crippen molar-refractivity contribution in [3.8, 4) is 11.5 Å². The standard InChI is InChI=1S/C14H17NO5/c1-9(16)15-14(2,13(17)18)10-4-5-11-12(8-10)20-7-3-6-19-11/h4-5,8H,3,6-7H2,1-2H3,(H,15,16)(H,17,18). The van der Waals surface area contributed by atoms with Crippen LogP contribution in [0.4, 0.5) is 0 Å². The Balaban J connectivity index is 2.42. The Kier molecular flexibility index (Phi) is 3.83. The molecular weight excluding hydrogens is 262 g/mol. The van der Waals surface area contributed by atoms with E-state index in [1.807, 2.05) is 0 Å². The van der Waals surface area contributed by atoms with Crippen molar-refractivity contribution in [2.45, 2.75) is 25.8 Å². The highest BCUT2D eigenvalue weighted by Gasteiger charge is 2.37. The molecule has 1 heterocycles. The van der Waals surface area contributed by atoms with Gasteiger partial charge in [0.05, 0.1) is 13.2 Å². The second-order valence-electron chi connectivity index (χ2n) is 4.82. The summed E-state index contributed by atoms with van der Waals surface area (Å²) in [6.45, 7) is 3.80. The van der Waals surface area contributed by atoms with Crippen LogP contribution in [0.3, 0.4) is 0 Å². The molecule has 108 valence electrons. The number of aliphatic carboxylic acids is 1. The molecule has 0 saturated carbocycles. The van der Waals surface area contributed by atoms with Gasteiger partial charge < -0.3 is 19.9 Å². The van der Waals surface area contributed by atoms with Gasteiger partial charge in [-0.1, -0.05) is 6.07 Å². The highest BCUT2D eigenvalue weighted by atomic mass is 16.5. The van der Waals surface area contributed by atoms with Crippen molar-refractivity contribution < 1.29 is 24.2 Å². The van der Waals surface area contributed by atoms with Crippen molar-refractivity contribution in [3.63, 3.8) is 0 Å². The van der Waals surface area contributed by atoms with E-state index in [4.69, 9.17) is 9.47 Å². The minimum Gasteiger partial charge on any atom is -0.490 e. The molecule has 6 heteroatoms. The van der Waals surface area contributed by atoms with Gasteiger partial charge in [0.25, 0.3) is 0 Å². The number of rotatable bonds is 3. The summed E-state index contributed by atoms with van der Waals surface area (Å²) in [5.74, 6) is -0.469. The van der Waals surface area contributed by atoms with Gasteiger partial charge in [-0.3, -0.25) is 4.79 Å². The van der Waals surface area contributed by atoms with E-state index in [-0.39, 0.29) is 0 Å².